The Kier molecular flexibility index (Phi) is 12.7. The minimum absolute atomic E-state index is 0.0149. The molecule has 0 bridgehead atoms. The van der Waals surface area contributed by atoms with Gasteiger partial charge >= 0.3 is 18.1 Å². The highest BCUT2D eigenvalue weighted by Gasteiger charge is 2.34. The number of benzene rings is 1. The first-order valence-corrected chi connectivity index (χ1v) is 13.2. The van der Waals surface area contributed by atoms with Gasteiger partial charge < -0.3 is 14.9 Å². The van der Waals surface area contributed by atoms with Crippen LogP contribution in [0.1, 0.15) is 87.5 Å². The lowest BCUT2D eigenvalue weighted by Crippen LogP contribution is -2.16. The largest absolute Gasteiger partial charge is 0.493 e. The summed E-state index contributed by atoms with van der Waals surface area (Å²) in [6, 6.07) is 2.70. The molecule has 0 radical (unpaired) electrons. The number of aliphatic carboxylic acids is 2. The van der Waals surface area contributed by atoms with Gasteiger partial charge in [0.25, 0.3) is 0 Å². The normalized spacial score (nSPS) is 12.4. The van der Waals surface area contributed by atoms with Gasteiger partial charge in [-0.2, -0.15) is 13.2 Å². The Balaban J connectivity index is 2.05. The van der Waals surface area contributed by atoms with E-state index >= 15 is 0 Å². The van der Waals surface area contributed by atoms with E-state index < -0.39 is 35.5 Å². The molecule has 0 aliphatic heterocycles. The fourth-order valence-electron chi connectivity index (χ4n) is 3.69. The van der Waals surface area contributed by atoms with Crippen molar-refractivity contribution in [2.24, 2.45) is 0 Å². The second kappa shape index (κ2) is 15.4. The Bertz CT molecular complexity index is 1000. The summed E-state index contributed by atoms with van der Waals surface area (Å²) in [7, 11) is 0. The number of carbonyl (C=O) groups is 2. The van der Waals surface area contributed by atoms with E-state index in [1.165, 1.54) is 38.5 Å². The number of ether oxygens (including phenoxy) is 1. The summed E-state index contributed by atoms with van der Waals surface area (Å²) in [5.74, 6) is -2.69. The second-order valence-corrected chi connectivity index (χ2v) is 9.70. The van der Waals surface area contributed by atoms with Gasteiger partial charge in [-0.05, 0) is 35.0 Å². The third kappa shape index (κ3) is 10.6. The van der Waals surface area contributed by atoms with Gasteiger partial charge in [-0.25, -0.2) is 4.68 Å². The van der Waals surface area contributed by atoms with Crippen molar-refractivity contribution in [2.75, 3.05) is 6.61 Å². The number of tetrazole rings is 1. The molecule has 2 aromatic rings. The summed E-state index contributed by atoms with van der Waals surface area (Å²) in [4.78, 5) is 23.1. The highest BCUT2D eigenvalue weighted by molar-refractivity contribution is 8.00. The monoisotopic (exact) mass is 546 g/mol. The van der Waals surface area contributed by atoms with Crippen LogP contribution in [0.15, 0.2) is 23.4 Å². The zero-order valence-corrected chi connectivity index (χ0v) is 21.6. The first kappa shape index (κ1) is 30.4. The highest BCUT2D eigenvalue weighted by Crippen LogP contribution is 2.42. The molecule has 2 rings (SSSR count). The predicted molar refractivity (Wildman–Crippen MR) is 130 cm³/mol. The summed E-state index contributed by atoms with van der Waals surface area (Å²) in [5.41, 5.74) is -1.23. The quantitative estimate of drug-likeness (QED) is 0.171. The van der Waals surface area contributed by atoms with Crippen LogP contribution in [0.5, 0.6) is 5.75 Å². The molecule has 0 saturated carbocycles. The fraction of sp³-hybridized carbons (Fsp3) is 0.625. The van der Waals surface area contributed by atoms with Crippen LogP contribution < -0.4 is 4.74 Å². The number of hydrogen-bond acceptors (Lipinski definition) is 7. The Hall–Kier alpha value is -2.83. The molecule has 1 unspecified atom stereocenters. The topological polar surface area (TPSA) is 127 Å². The molecule has 206 valence electrons. The van der Waals surface area contributed by atoms with Gasteiger partial charge in [0.1, 0.15) is 17.5 Å². The second-order valence-electron chi connectivity index (χ2n) is 8.63. The van der Waals surface area contributed by atoms with Gasteiger partial charge in [0.15, 0.2) is 0 Å². The van der Waals surface area contributed by atoms with Gasteiger partial charge in [-0.1, -0.05) is 76.5 Å². The lowest BCUT2D eigenvalue weighted by atomic mass is 10.1. The Morgan fingerprint density at radius 2 is 1.65 bits per heavy atom. The average molecular weight is 547 g/mol. The number of carboxylic acid groups (broad SMARTS) is 2. The van der Waals surface area contributed by atoms with Crippen LogP contribution in [0.3, 0.4) is 0 Å². The van der Waals surface area contributed by atoms with Gasteiger partial charge in [0.05, 0.1) is 12.2 Å². The van der Waals surface area contributed by atoms with Gasteiger partial charge in [-0.3, -0.25) is 9.59 Å². The number of thioether (sulfide) groups is 1. The van der Waals surface area contributed by atoms with E-state index in [4.69, 9.17) is 9.84 Å². The molecule has 2 N–H and O–H groups in total. The summed E-state index contributed by atoms with van der Waals surface area (Å²) < 4.78 is 46.8. The molecule has 37 heavy (non-hydrogen) atoms. The van der Waals surface area contributed by atoms with Crippen molar-refractivity contribution >= 4 is 23.7 Å². The van der Waals surface area contributed by atoms with Crippen LogP contribution in [0.4, 0.5) is 13.2 Å². The van der Waals surface area contributed by atoms with E-state index in [0.29, 0.717) is 18.2 Å². The maximum atomic E-state index is 13.4. The molecule has 1 aromatic heterocycles. The average Bonchev–Trinajstić information content (AvgIpc) is 3.26. The molecule has 1 atom stereocenters. The van der Waals surface area contributed by atoms with E-state index in [0.717, 1.165) is 42.1 Å². The van der Waals surface area contributed by atoms with Crippen LogP contribution in [0.25, 0.3) is 0 Å². The molecule has 13 heteroatoms. The molecule has 1 aromatic carbocycles. The molecule has 0 aliphatic rings. The number of nitrogens with zero attached hydrogens (tertiary/aromatic N) is 4. The van der Waals surface area contributed by atoms with E-state index in [1.54, 1.807) is 0 Å². The van der Waals surface area contributed by atoms with Crippen molar-refractivity contribution in [3.63, 3.8) is 0 Å². The number of alkyl halides is 3. The van der Waals surface area contributed by atoms with E-state index in [2.05, 4.69) is 22.4 Å². The number of halogens is 3. The van der Waals surface area contributed by atoms with Crippen molar-refractivity contribution in [3.05, 3.63) is 29.3 Å². The minimum atomic E-state index is -4.69. The lowest BCUT2D eigenvalue weighted by Gasteiger charge is -2.19. The van der Waals surface area contributed by atoms with Gasteiger partial charge in [-0.15, -0.1) is 5.10 Å². The standard InChI is InChI=1S/C24H33F3N4O5S/c1-2-3-4-5-6-7-8-9-10-11-14-36-19-13-12-17(24(25,26)27)15-18(19)21(22(34)35)37-23-28-29-30-31(23)16-20(32)33/h12-13,15,21H,2-11,14,16H2,1H3,(H,32,33)(H,34,35). The summed E-state index contributed by atoms with van der Waals surface area (Å²) >= 11 is 0.535. The molecule has 0 saturated heterocycles. The first-order valence-electron chi connectivity index (χ1n) is 12.3. The van der Waals surface area contributed by atoms with Crippen LogP contribution in [0.2, 0.25) is 0 Å². The summed E-state index contributed by atoms with van der Waals surface area (Å²) in [6.07, 6.45) is 6.41. The zero-order chi connectivity index (χ0) is 27.3. The minimum Gasteiger partial charge on any atom is -0.493 e. The molecule has 0 spiro atoms. The van der Waals surface area contributed by atoms with Crippen LogP contribution in [-0.2, 0) is 22.3 Å². The molecule has 0 amide bonds. The molecular weight excluding hydrogens is 513 g/mol. The first-order chi connectivity index (χ1) is 17.6. The SMILES string of the molecule is CCCCCCCCCCCCOc1ccc(C(F)(F)F)cc1C(Sc1nnnn1CC(=O)O)C(=O)O. The highest BCUT2D eigenvalue weighted by atomic mass is 32.2. The third-order valence-corrected chi connectivity index (χ3v) is 6.80. The van der Waals surface area contributed by atoms with Crippen molar-refractivity contribution in [1.82, 2.24) is 20.2 Å². The Morgan fingerprint density at radius 1 is 1.03 bits per heavy atom. The Morgan fingerprint density at radius 3 is 2.22 bits per heavy atom. The molecule has 1 heterocycles. The van der Waals surface area contributed by atoms with Crippen LogP contribution in [0, 0.1) is 0 Å². The Labute approximate surface area is 217 Å². The predicted octanol–water partition coefficient (Wildman–Crippen LogP) is 5.99. The summed E-state index contributed by atoms with van der Waals surface area (Å²) in [5, 5.41) is 27.6. The van der Waals surface area contributed by atoms with E-state index in [1.807, 2.05) is 0 Å². The molecule has 0 aliphatic carbocycles. The smallest absolute Gasteiger partial charge is 0.416 e. The van der Waals surface area contributed by atoms with Crippen LogP contribution in [-0.4, -0.2) is 49.0 Å². The lowest BCUT2D eigenvalue weighted by molar-refractivity contribution is -0.139. The van der Waals surface area contributed by atoms with Crippen LogP contribution >= 0.6 is 11.8 Å². The van der Waals surface area contributed by atoms with E-state index in [9.17, 15) is 27.9 Å². The van der Waals surface area contributed by atoms with Crippen molar-refractivity contribution in [3.8, 4) is 5.75 Å². The summed E-state index contributed by atoms with van der Waals surface area (Å²) in [6.45, 7) is 1.78. The number of aromatic nitrogens is 4. The molecule has 0 fully saturated rings. The maximum Gasteiger partial charge on any atom is 0.416 e. The van der Waals surface area contributed by atoms with Crippen molar-refractivity contribution < 1.29 is 37.7 Å². The number of unbranched alkanes of at least 4 members (excludes halogenated alkanes) is 9. The third-order valence-electron chi connectivity index (χ3n) is 5.61. The van der Waals surface area contributed by atoms with Gasteiger partial charge in [0.2, 0.25) is 5.16 Å². The number of rotatable bonds is 18. The van der Waals surface area contributed by atoms with E-state index in [-0.39, 0.29) is 23.1 Å². The maximum absolute atomic E-state index is 13.4. The van der Waals surface area contributed by atoms with Crippen molar-refractivity contribution in [2.45, 2.75) is 94.3 Å². The molecular formula is C24H33F3N4O5S. The van der Waals surface area contributed by atoms with Crippen molar-refractivity contribution in [1.29, 1.82) is 0 Å². The molecule has 9 nitrogen and oxygen atoms in total. The zero-order valence-electron chi connectivity index (χ0n) is 20.7. The number of carboxylic acids is 2. The number of hydrogen-bond donors (Lipinski definition) is 2. The fourth-order valence-corrected chi connectivity index (χ4v) is 4.62. The van der Waals surface area contributed by atoms with Gasteiger partial charge in [0, 0.05) is 5.56 Å².